The molecule has 1 aliphatic rings. The van der Waals surface area contributed by atoms with Gasteiger partial charge >= 0.3 is 0 Å². The Bertz CT molecular complexity index is 899. The summed E-state index contributed by atoms with van der Waals surface area (Å²) in [6.07, 6.45) is 1.81. The van der Waals surface area contributed by atoms with Gasteiger partial charge in [-0.3, -0.25) is 4.79 Å². The van der Waals surface area contributed by atoms with Crippen molar-refractivity contribution in [1.82, 2.24) is 4.90 Å². The van der Waals surface area contributed by atoms with Gasteiger partial charge in [-0.2, -0.15) is 0 Å². The van der Waals surface area contributed by atoms with E-state index < -0.39 is 0 Å². The third kappa shape index (κ3) is 3.61. The van der Waals surface area contributed by atoms with Crippen LogP contribution in [0.25, 0.3) is 16.5 Å². The first-order valence-corrected chi connectivity index (χ1v) is 9.43. The minimum Gasteiger partial charge on any atom is -0.496 e. The van der Waals surface area contributed by atoms with Gasteiger partial charge in [-0.25, -0.2) is 0 Å². The maximum Gasteiger partial charge on any atom is 0.247 e. The number of fused-ring (bicyclic) bond motifs is 1. The van der Waals surface area contributed by atoms with Crippen LogP contribution in [0, 0.1) is 20.8 Å². The van der Waals surface area contributed by atoms with Crippen LogP contribution in [-0.4, -0.2) is 43.2 Å². The lowest BCUT2D eigenvalue weighted by Gasteiger charge is -2.34. The zero-order valence-electron chi connectivity index (χ0n) is 17.3. The molecule has 2 heterocycles. The number of benzene rings is 1. The highest BCUT2D eigenvalue weighted by Crippen LogP contribution is 2.38. The van der Waals surface area contributed by atoms with E-state index in [2.05, 4.69) is 13.0 Å². The van der Waals surface area contributed by atoms with Crippen molar-refractivity contribution in [3.05, 3.63) is 34.6 Å². The first-order valence-electron chi connectivity index (χ1n) is 9.43. The van der Waals surface area contributed by atoms with Crippen LogP contribution in [0.5, 0.6) is 5.75 Å². The molecular weight excluding hydrogens is 342 g/mol. The third-order valence-corrected chi connectivity index (χ3v) is 5.35. The third-order valence-electron chi connectivity index (χ3n) is 5.35. The Morgan fingerprint density at radius 2 is 1.81 bits per heavy atom. The molecule has 0 saturated carbocycles. The molecule has 0 N–H and O–H groups in total. The summed E-state index contributed by atoms with van der Waals surface area (Å²) in [4.78, 5) is 14.7. The summed E-state index contributed by atoms with van der Waals surface area (Å²) in [6, 6.07) is 2.07. The van der Waals surface area contributed by atoms with Gasteiger partial charge in [0, 0.05) is 35.7 Å². The normalized spacial score (nSPS) is 21.0. The zero-order chi connectivity index (χ0) is 19.9. The van der Waals surface area contributed by atoms with Crippen LogP contribution in [0.15, 0.2) is 16.6 Å². The molecule has 2 atom stereocenters. The number of amides is 1. The number of furan rings is 1. The minimum atomic E-state index is 0.00870. The van der Waals surface area contributed by atoms with Crippen LogP contribution in [0.1, 0.15) is 43.2 Å². The molecule has 5 heteroatoms. The smallest absolute Gasteiger partial charge is 0.247 e. The van der Waals surface area contributed by atoms with Gasteiger partial charge in [0.15, 0.2) is 0 Å². The molecule has 2 aromatic rings. The van der Waals surface area contributed by atoms with Crippen molar-refractivity contribution in [1.29, 1.82) is 0 Å². The molecule has 0 spiro atoms. The number of rotatable bonds is 3. The number of carbonyl (C=O) groups excluding carboxylic acids is 1. The van der Waals surface area contributed by atoms with Crippen LogP contribution in [0.3, 0.4) is 0 Å². The lowest BCUT2D eigenvalue weighted by Crippen LogP contribution is -2.47. The van der Waals surface area contributed by atoms with Crippen molar-refractivity contribution >= 4 is 22.4 Å². The van der Waals surface area contributed by atoms with Crippen LogP contribution in [0.2, 0.25) is 0 Å². The summed E-state index contributed by atoms with van der Waals surface area (Å²) in [5, 5.41) is 1.06. The van der Waals surface area contributed by atoms with Crippen LogP contribution < -0.4 is 4.74 Å². The molecule has 0 radical (unpaired) electrons. The Morgan fingerprint density at radius 3 is 2.41 bits per heavy atom. The van der Waals surface area contributed by atoms with Gasteiger partial charge in [0.05, 0.1) is 19.3 Å². The Labute approximate surface area is 160 Å². The summed E-state index contributed by atoms with van der Waals surface area (Å²) in [5.41, 5.74) is 4.73. The molecule has 27 heavy (non-hydrogen) atoms. The van der Waals surface area contributed by atoms with Gasteiger partial charge in [0.2, 0.25) is 5.91 Å². The van der Waals surface area contributed by atoms with Gasteiger partial charge in [-0.15, -0.1) is 0 Å². The highest BCUT2D eigenvalue weighted by Gasteiger charge is 2.25. The largest absolute Gasteiger partial charge is 0.496 e. The van der Waals surface area contributed by atoms with E-state index in [1.54, 1.807) is 13.2 Å². The quantitative estimate of drug-likeness (QED) is 0.750. The van der Waals surface area contributed by atoms with Crippen molar-refractivity contribution in [2.45, 2.75) is 53.8 Å². The van der Waals surface area contributed by atoms with E-state index in [-0.39, 0.29) is 18.1 Å². The second-order valence-electron chi connectivity index (χ2n) is 7.57. The topological polar surface area (TPSA) is 51.9 Å². The molecule has 146 valence electrons. The standard InChI is InChI=1S/C22H29NO4/c1-12(8-20(24)23-10-13(2)26-14(3)11-23)18-9-19-15(4)17(6)27-22(19)16(5)21(18)25-7/h8-9,13-14H,10-11H2,1-7H3/b12-8+. The van der Waals surface area contributed by atoms with Crippen molar-refractivity contribution < 1.29 is 18.7 Å². The summed E-state index contributed by atoms with van der Waals surface area (Å²) in [7, 11) is 1.65. The summed E-state index contributed by atoms with van der Waals surface area (Å²) >= 11 is 0. The Hall–Kier alpha value is -2.27. The molecule has 0 aliphatic carbocycles. The Balaban J connectivity index is 2.01. The molecule has 2 unspecified atom stereocenters. The summed E-state index contributed by atoms with van der Waals surface area (Å²) in [5.74, 6) is 1.66. The number of allylic oxidation sites excluding steroid dienone is 1. The predicted molar refractivity (Wildman–Crippen MR) is 107 cm³/mol. The van der Waals surface area contributed by atoms with Gasteiger partial charge in [0.1, 0.15) is 17.1 Å². The van der Waals surface area contributed by atoms with E-state index in [1.165, 1.54) is 0 Å². The average molecular weight is 371 g/mol. The van der Waals surface area contributed by atoms with Crippen LogP contribution in [-0.2, 0) is 9.53 Å². The molecule has 1 aromatic heterocycles. The van der Waals surface area contributed by atoms with Crippen molar-refractivity contribution in [2.24, 2.45) is 0 Å². The first kappa shape index (κ1) is 19.5. The number of ether oxygens (including phenoxy) is 2. The molecule has 0 bridgehead atoms. The van der Waals surface area contributed by atoms with E-state index in [0.29, 0.717) is 13.1 Å². The fourth-order valence-electron chi connectivity index (χ4n) is 3.88. The number of hydrogen-bond acceptors (Lipinski definition) is 4. The molecular formula is C22H29NO4. The van der Waals surface area contributed by atoms with Crippen molar-refractivity contribution in [3.63, 3.8) is 0 Å². The van der Waals surface area contributed by atoms with E-state index in [4.69, 9.17) is 13.9 Å². The number of morpholine rings is 1. The Morgan fingerprint density at radius 1 is 1.19 bits per heavy atom. The van der Waals surface area contributed by atoms with Crippen LogP contribution in [0.4, 0.5) is 0 Å². The lowest BCUT2D eigenvalue weighted by atomic mass is 9.98. The number of hydrogen-bond donors (Lipinski definition) is 0. The fourth-order valence-corrected chi connectivity index (χ4v) is 3.88. The molecule has 1 amide bonds. The fraction of sp³-hybridized carbons (Fsp3) is 0.500. The molecule has 1 saturated heterocycles. The Kier molecular flexibility index (Phi) is 5.33. The lowest BCUT2D eigenvalue weighted by molar-refractivity contribution is -0.137. The molecule has 1 fully saturated rings. The first-order chi connectivity index (χ1) is 12.7. The highest BCUT2D eigenvalue weighted by atomic mass is 16.5. The minimum absolute atomic E-state index is 0.00870. The van der Waals surface area contributed by atoms with Crippen molar-refractivity contribution in [3.8, 4) is 5.75 Å². The monoisotopic (exact) mass is 371 g/mol. The second kappa shape index (κ2) is 7.39. The SMILES string of the molecule is COc1c(/C(C)=C/C(=O)N2CC(C)OC(C)C2)cc2c(C)c(C)oc2c1C. The molecule has 1 aliphatic heterocycles. The maximum atomic E-state index is 12.8. The van der Waals surface area contributed by atoms with E-state index in [9.17, 15) is 4.79 Å². The molecule has 5 nitrogen and oxygen atoms in total. The number of aryl methyl sites for hydroxylation is 3. The number of nitrogens with zero attached hydrogens (tertiary/aromatic N) is 1. The van der Waals surface area contributed by atoms with E-state index in [0.717, 1.165) is 44.7 Å². The summed E-state index contributed by atoms with van der Waals surface area (Å²) < 4.78 is 17.3. The number of carbonyl (C=O) groups is 1. The molecule has 3 rings (SSSR count). The maximum absolute atomic E-state index is 12.8. The predicted octanol–water partition coefficient (Wildman–Crippen LogP) is 4.41. The van der Waals surface area contributed by atoms with Crippen molar-refractivity contribution in [2.75, 3.05) is 20.2 Å². The van der Waals surface area contributed by atoms with Gasteiger partial charge in [-0.1, -0.05) is 0 Å². The van der Waals surface area contributed by atoms with Gasteiger partial charge in [-0.05, 0) is 58.7 Å². The average Bonchev–Trinajstić information content (AvgIpc) is 2.89. The van der Waals surface area contributed by atoms with Gasteiger partial charge in [0.25, 0.3) is 0 Å². The van der Waals surface area contributed by atoms with Gasteiger partial charge < -0.3 is 18.8 Å². The van der Waals surface area contributed by atoms with E-state index in [1.807, 2.05) is 39.5 Å². The summed E-state index contributed by atoms with van der Waals surface area (Å²) in [6.45, 7) is 13.2. The molecule has 1 aromatic carbocycles. The number of methoxy groups -OCH3 is 1. The second-order valence-corrected chi connectivity index (χ2v) is 7.57. The van der Waals surface area contributed by atoms with Crippen LogP contribution >= 0.6 is 0 Å². The zero-order valence-corrected chi connectivity index (χ0v) is 17.3. The highest BCUT2D eigenvalue weighted by molar-refractivity contribution is 5.98. The van der Waals surface area contributed by atoms with E-state index >= 15 is 0 Å².